The third-order valence-corrected chi connectivity index (χ3v) is 6.70. The van der Waals surface area contributed by atoms with Crippen LogP contribution in [-0.2, 0) is 16.0 Å². The molecule has 0 aliphatic carbocycles. The van der Waals surface area contributed by atoms with Gasteiger partial charge in [-0.2, -0.15) is 0 Å². The molecular formula is C25H18Br2N2O3. The number of nitrogens with one attached hydrogen (secondary N) is 1. The van der Waals surface area contributed by atoms with Crippen LogP contribution >= 0.6 is 31.9 Å². The Bertz CT molecular complexity index is 1280. The van der Waals surface area contributed by atoms with Gasteiger partial charge in [0.25, 0.3) is 11.8 Å². The second-order valence-corrected chi connectivity index (χ2v) is 9.07. The van der Waals surface area contributed by atoms with E-state index in [9.17, 15) is 14.4 Å². The molecule has 5 nitrogen and oxygen atoms in total. The number of amides is 4. The highest BCUT2D eigenvalue weighted by molar-refractivity contribution is 9.10. The first-order valence-corrected chi connectivity index (χ1v) is 11.4. The summed E-state index contributed by atoms with van der Waals surface area (Å²) in [6, 6.07) is 19.9. The minimum atomic E-state index is -0.753. The lowest BCUT2D eigenvalue weighted by molar-refractivity contribution is -0.122. The quantitative estimate of drug-likeness (QED) is 0.329. The summed E-state index contributed by atoms with van der Waals surface area (Å²) in [6.07, 6.45) is 2.22. The Hall–Kier alpha value is -3.03. The van der Waals surface area contributed by atoms with Gasteiger partial charge in [-0.25, -0.2) is 9.69 Å². The Balaban J connectivity index is 1.65. The van der Waals surface area contributed by atoms with Gasteiger partial charge >= 0.3 is 6.03 Å². The van der Waals surface area contributed by atoms with E-state index < -0.39 is 17.8 Å². The number of aryl methyl sites for hydroxylation is 1. The molecule has 160 valence electrons. The first-order valence-electron chi connectivity index (χ1n) is 9.84. The normalized spacial score (nSPS) is 15.3. The zero-order chi connectivity index (χ0) is 22.8. The number of para-hydroxylation sites is 1. The molecule has 0 bridgehead atoms. The lowest BCUT2D eigenvalue weighted by Gasteiger charge is -2.27. The van der Waals surface area contributed by atoms with E-state index in [-0.39, 0.29) is 5.57 Å². The molecule has 1 N–H and O–H groups in total. The highest BCUT2D eigenvalue weighted by Crippen LogP contribution is 2.28. The van der Waals surface area contributed by atoms with Gasteiger partial charge in [0.15, 0.2) is 0 Å². The minimum absolute atomic E-state index is 0.0988. The molecule has 1 saturated heterocycles. The van der Waals surface area contributed by atoms with Gasteiger partial charge in [-0.15, -0.1) is 0 Å². The van der Waals surface area contributed by atoms with Crippen LogP contribution in [0.15, 0.2) is 81.2 Å². The van der Waals surface area contributed by atoms with Crippen molar-refractivity contribution in [2.24, 2.45) is 0 Å². The molecule has 4 amide bonds. The average molecular weight is 554 g/mol. The molecule has 1 aliphatic heterocycles. The minimum Gasteiger partial charge on any atom is -0.273 e. The second kappa shape index (κ2) is 9.22. The van der Waals surface area contributed by atoms with E-state index >= 15 is 0 Å². The van der Waals surface area contributed by atoms with Gasteiger partial charge in [0.05, 0.1) is 5.69 Å². The number of urea groups is 1. The van der Waals surface area contributed by atoms with Crippen LogP contribution in [-0.4, -0.2) is 17.8 Å². The summed E-state index contributed by atoms with van der Waals surface area (Å²) in [5.41, 5.74) is 3.98. The number of carbonyl (C=O) groups is 3. The highest BCUT2D eigenvalue weighted by atomic mass is 79.9. The average Bonchev–Trinajstić information content (AvgIpc) is 2.75. The Morgan fingerprint density at radius 3 is 2.28 bits per heavy atom. The van der Waals surface area contributed by atoms with Crippen LogP contribution in [0.3, 0.4) is 0 Å². The summed E-state index contributed by atoms with van der Waals surface area (Å²) in [5.74, 6) is -1.36. The lowest BCUT2D eigenvalue weighted by atomic mass is 10.0. The molecule has 0 aromatic heterocycles. The van der Waals surface area contributed by atoms with Crippen molar-refractivity contribution in [3.63, 3.8) is 0 Å². The molecule has 0 unspecified atom stereocenters. The molecule has 0 saturated carbocycles. The van der Waals surface area contributed by atoms with Crippen LogP contribution in [0.25, 0.3) is 6.08 Å². The largest absolute Gasteiger partial charge is 0.335 e. The van der Waals surface area contributed by atoms with Crippen molar-refractivity contribution in [3.8, 4) is 0 Å². The fourth-order valence-electron chi connectivity index (χ4n) is 3.50. The fourth-order valence-corrected chi connectivity index (χ4v) is 4.46. The number of nitrogens with zero attached hydrogens (tertiary/aromatic N) is 1. The SMILES string of the molecule is Cc1ccccc1N1C(=O)NC(=O)/C(=C\c2ccc(Cc3ccccc3Br)c(Br)c2)C1=O. The van der Waals surface area contributed by atoms with Crippen LogP contribution in [0, 0.1) is 6.92 Å². The second-order valence-electron chi connectivity index (χ2n) is 7.36. The summed E-state index contributed by atoms with van der Waals surface area (Å²) in [6.45, 7) is 1.80. The van der Waals surface area contributed by atoms with Crippen molar-refractivity contribution < 1.29 is 14.4 Å². The number of barbiturate groups is 1. The Kier molecular flexibility index (Phi) is 6.39. The van der Waals surface area contributed by atoms with Crippen molar-refractivity contribution in [2.45, 2.75) is 13.3 Å². The molecule has 1 fully saturated rings. The number of hydrogen-bond donors (Lipinski definition) is 1. The summed E-state index contributed by atoms with van der Waals surface area (Å²) in [5, 5.41) is 2.26. The van der Waals surface area contributed by atoms with Gasteiger partial charge in [-0.1, -0.05) is 80.4 Å². The van der Waals surface area contributed by atoms with Crippen LogP contribution in [0.4, 0.5) is 10.5 Å². The molecular weight excluding hydrogens is 536 g/mol. The van der Waals surface area contributed by atoms with Gasteiger partial charge in [-0.05, 0) is 59.9 Å². The number of benzene rings is 3. The predicted octanol–water partition coefficient (Wildman–Crippen LogP) is 5.78. The zero-order valence-electron chi connectivity index (χ0n) is 17.1. The van der Waals surface area contributed by atoms with Gasteiger partial charge in [0, 0.05) is 8.95 Å². The van der Waals surface area contributed by atoms with Crippen LogP contribution in [0.1, 0.15) is 22.3 Å². The Morgan fingerprint density at radius 2 is 1.56 bits per heavy atom. The Morgan fingerprint density at radius 1 is 0.875 bits per heavy atom. The van der Waals surface area contributed by atoms with Gasteiger partial charge < -0.3 is 0 Å². The van der Waals surface area contributed by atoms with Crippen molar-refractivity contribution in [2.75, 3.05) is 4.90 Å². The maximum atomic E-state index is 13.1. The van der Waals surface area contributed by atoms with Crippen molar-refractivity contribution in [1.29, 1.82) is 0 Å². The van der Waals surface area contributed by atoms with E-state index in [1.54, 1.807) is 25.1 Å². The van der Waals surface area contributed by atoms with E-state index in [2.05, 4.69) is 43.2 Å². The van der Waals surface area contributed by atoms with E-state index in [0.717, 1.165) is 30.5 Å². The lowest BCUT2D eigenvalue weighted by Crippen LogP contribution is -2.54. The van der Waals surface area contributed by atoms with E-state index in [4.69, 9.17) is 0 Å². The Labute approximate surface area is 202 Å². The zero-order valence-corrected chi connectivity index (χ0v) is 20.2. The van der Waals surface area contributed by atoms with Gasteiger partial charge in [0.1, 0.15) is 5.57 Å². The molecule has 7 heteroatoms. The molecule has 3 aromatic rings. The molecule has 0 radical (unpaired) electrons. The molecule has 0 atom stereocenters. The molecule has 1 heterocycles. The number of imide groups is 2. The fraction of sp³-hybridized carbons (Fsp3) is 0.0800. The smallest absolute Gasteiger partial charge is 0.273 e. The van der Waals surface area contributed by atoms with Crippen LogP contribution < -0.4 is 10.2 Å². The number of rotatable bonds is 4. The number of anilines is 1. The monoisotopic (exact) mass is 552 g/mol. The van der Waals surface area contributed by atoms with Crippen molar-refractivity contribution in [1.82, 2.24) is 5.32 Å². The molecule has 0 spiro atoms. The topological polar surface area (TPSA) is 66.5 Å². The molecule has 32 heavy (non-hydrogen) atoms. The molecule has 4 rings (SSSR count). The van der Waals surface area contributed by atoms with E-state index in [1.165, 1.54) is 6.08 Å². The summed E-state index contributed by atoms with van der Waals surface area (Å²) in [4.78, 5) is 38.9. The third-order valence-electron chi connectivity index (χ3n) is 5.18. The van der Waals surface area contributed by atoms with Crippen LogP contribution in [0.2, 0.25) is 0 Å². The maximum absolute atomic E-state index is 13.1. The summed E-state index contributed by atoms with van der Waals surface area (Å²) >= 11 is 7.16. The predicted molar refractivity (Wildman–Crippen MR) is 131 cm³/mol. The van der Waals surface area contributed by atoms with E-state index in [1.807, 2.05) is 42.5 Å². The van der Waals surface area contributed by atoms with Crippen LogP contribution in [0.5, 0.6) is 0 Å². The maximum Gasteiger partial charge on any atom is 0.335 e. The first-order chi connectivity index (χ1) is 15.3. The summed E-state index contributed by atoms with van der Waals surface area (Å²) in [7, 11) is 0. The highest BCUT2D eigenvalue weighted by Gasteiger charge is 2.37. The number of hydrogen-bond acceptors (Lipinski definition) is 3. The summed E-state index contributed by atoms with van der Waals surface area (Å²) < 4.78 is 1.89. The third kappa shape index (κ3) is 4.45. The molecule has 3 aromatic carbocycles. The van der Waals surface area contributed by atoms with Crippen molar-refractivity contribution >= 4 is 61.5 Å². The molecule has 1 aliphatic rings. The van der Waals surface area contributed by atoms with E-state index in [0.29, 0.717) is 17.7 Å². The van der Waals surface area contributed by atoms with Crippen molar-refractivity contribution in [3.05, 3.63) is 104 Å². The van der Waals surface area contributed by atoms with Gasteiger partial charge in [-0.3, -0.25) is 14.9 Å². The van der Waals surface area contributed by atoms with Gasteiger partial charge in [0.2, 0.25) is 0 Å². The first kappa shape index (κ1) is 22.2. The number of carbonyl (C=O) groups excluding carboxylic acids is 3. The standard InChI is InChI=1S/C25H18Br2N2O3/c1-15-6-2-5-9-22(15)29-24(31)19(23(30)28-25(29)32)12-16-10-11-18(21(27)13-16)14-17-7-3-4-8-20(17)26/h2-13H,14H2,1H3,(H,28,30,32)/b19-12+. The number of halogens is 2.